The Labute approximate surface area is 86.6 Å². The highest BCUT2D eigenvalue weighted by Crippen LogP contribution is 2.12. The molecule has 76 valence electrons. The number of hydrogen-bond donors (Lipinski definition) is 2. The van der Waals surface area contributed by atoms with Crippen LogP contribution in [-0.4, -0.2) is 19.9 Å². The molecule has 15 heavy (non-hydrogen) atoms. The topological polar surface area (TPSA) is 89.6 Å². The molecule has 0 fully saturated rings. The van der Waals surface area contributed by atoms with Crippen LogP contribution in [0.2, 0.25) is 0 Å². The molecule has 0 radical (unpaired) electrons. The fourth-order valence-corrected chi connectivity index (χ4v) is 1.14. The summed E-state index contributed by atoms with van der Waals surface area (Å²) in [5.41, 5.74) is 3.14. The van der Waals surface area contributed by atoms with E-state index in [0.717, 1.165) is 0 Å². The molecule has 0 aromatic carbocycles. The maximum Gasteiger partial charge on any atom is 0.180 e. The van der Waals surface area contributed by atoms with Crippen LogP contribution in [0.3, 0.4) is 0 Å². The Kier molecular flexibility index (Phi) is 2.51. The molecule has 0 aliphatic carbocycles. The van der Waals surface area contributed by atoms with Gasteiger partial charge in [0.2, 0.25) is 0 Å². The van der Waals surface area contributed by atoms with Crippen molar-refractivity contribution in [3.8, 4) is 11.5 Å². The fourth-order valence-electron chi connectivity index (χ4n) is 1.14. The van der Waals surface area contributed by atoms with Gasteiger partial charge in [-0.05, 0) is 13.0 Å². The molecule has 3 N–H and O–H groups in total. The van der Waals surface area contributed by atoms with E-state index in [-0.39, 0.29) is 0 Å². The van der Waals surface area contributed by atoms with Crippen molar-refractivity contribution >= 4 is 5.82 Å². The van der Waals surface area contributed by atoms with Crippen molar-refractivity contribution < 1.29 is 0 Å². The molecule has 2 heterocycles. The molecule has 0 saturated carbocycles. The van der Waals surface area contributed by atoms with Gasteiger partial charge >= 0.3 is 0 Å². The quantitative estimate of drug-likeness (QED) is 0.545. The van der Waals surface area contributed by atoms with E-state index in [1.165, 1.54) is 0 Å². The zero-order valence-corrected chi connectivity index (χ0v) is 8.18. The SMILES string of the molecule is Cc1nccc(-c2nccc(NN)n2)n1. The predicted octanol–water partition coefficient (Wildman–Crippen LogP) is 0.528. The molecular weight excluding hydrogens is 192 g/mol. The van der Waals surface area contributed by atoms with Gasteiger partial charge in [0.1, 0.15) is 17.3 Å². The third kappa shape index (κ3) is 2.05. The highest BCUT2D eigenvalue weighted by atomic mass is 15.3. The number of aryl methyl sites for hydroxylation is 1. The Morgan fingerprint density at radius 3 is 2.67 bits per heavy atom. The molecule has 6 heteroatoms. The number of aromatic nitrogens is 4. The summed E-state index contributed by atoms with van der Waals surface area (Å²) in [7, 11) is 0. The maximum absolute atomic E-state index is 5.25. The van der Waals surface area contributed by atoms with Crippen molar-refractivity contribution in [1.29, 1.82) is 0 Å². The summed E-state index contributed by atoms with van der Waals surface area (Å²) in [6.07, 6.45) is 3.29. The van der Waals surface area contributed by atoms with Crippen LogP contribution in [0.5, 0.6) is 0 Å². The molecule has 2 aromatic heterocycles. The summed E-state index contributed by atoms with van der Waals surface area (Å²) in [5.74, 6) is 7.01. The summed E-state index contributed by atoms with van der Waals surface area (Å²) in [4.78, 5) is 16.5. The Morgan fingerprint density at radius 1 is 1.13 bits per heavy atom. The first-order valence-electron chi connectivity index (χ1n) is 4.39. The smallest absolute Gasteiger partial charge is 0.180 e. The molecule has 2 aromatic rings. The number of anilines is 1. The minimum Gasteiger partial charge on any atom is -0.308 e. The molecule has 0 saturated heterocycles. The summed E-state index contributed by atoms with van der Waals surface area (Å²) in [6.45, 7) is 1.81. The van der Waals surface area contributed by atoms with Crippen LogP contribution in [0.25, 0.3) is 11.5 Å². The van der Waals surface area contributed by atoms with Crippen LogP contribution in [0.15, 0.2) is 24.5 Å². The minimum absolute atomic E-state index is 0.524. The van der Waals surface area contributed by atoms with Gasteiger partial charge in [-0.3, -0.25) is 0 Å². The van der Waals surface area contributed by atoms with E-state index >= 15 is 0 Å². The first-order valence-corrected chi connectivity index (χ1v) is 4.39. The third-order valence-electron chi connectivity index (χ3n) is 1.81. The van der Waals surface area contributed by atoms with Crippen LogP contribution < -0.4 is 11.3 Å². The van der Waals surface area contributed by atoms with Crippen LogP contribution >= 0.6 is 0 Å². The first kappa shape index (κ1) is 9.47. The predicted molar refractivity (Wildman–Crippen MR) is 55.6 cm³/mol. The number of rotatable bonds is 2. The lowest BCUT2D eigenvalue weighted by Crippen LogP contribution is -2.09. The first-order chi connectivity index (χ1) is 7.29. The van der Waals surface area contributed by atoms with Crippen molar-refractivity contribution in [3.63, 3.8) is 0 Å². The van der Waals surface area contributed by atoms with Gasteiger partial charge in [-0.1, -0.05) is 0 Å². The van der Waals surface area contributed by atoms with Gasteiger partial charge in [-0.15, -0.1) is 0 Å². The lowest BCUT2D eigenvalue weighted by Gasteiger charge is -2.02. The van der Waals surface area contributed by atoms with Crippen LogP contribution in [0.1, 0.15) is 5.82 Å². The number of nitrogens with zero attached hydrogens (tertiary/aromatic N) is 4. The van der Waals surface area contributed by atoms with Crippen molar-refractivity contribution in [2.24, 2.45) is 5.84 Å². The molecule has 0 bridgehead atoms. The Bertz CT molecular complexity index is 470. The lowest BCUT2D eigenvalue weighted by atomic mass is 10.3. The van der Waals surface area contributed by atoms with E-state index in [0.29, 0.717) is 23.2 Å². The average molecular weight is 202 g/mol. The zero-order valence-electron chi connectivity index (χ0n) is 8.18. The molecule has 0 aliphatic rings. The highest BCUT2D eigenvalue weighted by molar-refractivity contribution is 5.51. The number of nitrogens with two attached hydrogens (primary N) is 1. The van der Waals surface area contributed by atoms with E-state index in [1.807, 2.05) is 6.92 Å². The van der Waals surface area contributed by atoms with E-state index in [2.05, 4.69) is 25.4 Å². The second-order valence-electron chi connectivity index (χ2n) is 2.90. The molecule has 0 aliphatic heterocycles. The van der Waals surface area contributed by atoms with Gasteiger partial charge in [-0.25, -0.2) is 25.8 Å². The van der Waals surface area contributed by atoms with Crippen molar-refractivity contribution in [3.05, 3.63) is 30.4 Å². The van der Waals surface area contributed by atoms with Crippen molar-refractivity contribution in [1.82, 2.24) is 19.9 Å². The maximum atomic E-state index is 5.25. The Hall–Kier alpha value is -2.08. The van der Waals surface area contributed by atoms with E-state index in [4.69, 9.17) is 5.84 Å². The minimum atomic E-state index is 0.524. The van der Waals surface area contributed by atoms with E-state index in [9.17, 15) is 0 Å². The summed E-state index contributed by atoms with van der Waals surface area (Å²) in [5, 5.41) is 0. The largest absolute Gasteiger partial charge is 0.308 e. The monoisotopic (exact) mass is 202 g/mol. The average Bonchev–Trinajstić information content (AvgIpc) is 2.29. The summed E-state index contributed by atoms with van der Waals surface area (Å²) >= 11 is 0. The number of hydrogen-bond acceptors (Lipinski definition) is 6. The summed E-state index contributed by atoms with van der Waals surface area (Å²) in [6, 6.07) is 3.43. The normalized spacial score (nSPS) is 10.0. The fraction of sp³-hybridized carbons (Fsp3) is 0.111. The molecule has 0 amide bonds. The zero-order chi connectivity index (χ0) is 10.7. The van der Waals surface area contributed by atoms with Crippen molar-refractivity contribution in [2.45, 2.75) is 6.92 Å². The molecule has 6 nitrogen and oxygen atoms in total. The van der Waals surface area contributed by atoms with Gasteiger partial charge in [0.15, 0.2) is 5.82 Å². The molecule has 2 rings (SSSR count). The van der Waals surface area contributed by atoms with Crippen LogP contribution in [0, 0.1) is 6.92 Å². The van der Waals surface area contributed by atoms with Gasteiger partial charge in [0.25, 0.3) is 0 Å². The second kappa shape index (κ2) is 3.97. The highest BCUT2D eigenvalue weighted by Gasteiger charge is 2.03. The van der Waals surface area contributed by atoms with Gasteiger partial charge in [0.05, 0.1) is 0 Å². The van der Waals surface area contributed by atoms with Gasteiger partial charge in [0, 0.05) is 18.5 Å². The molecule has 0 spiro atoms. The Morgan fingerprint density at radius 2 is 1.93 bits per heavy atom. The Balaban J connectivity index is 2.44. The molecule has 0 unspecified atom stereocenters. The second-order valence-corrected chi connectivity index (χ2v) is 2.90. The number of nitrogen functional groups attached to an aromatic ring is 1. The number of hydrazine groups is 1. The van der Waals surface area contributed by atoms with Gasteiger partial charge < -0.3 is 5.43 Å². The number of nitrogens with one attached hydrogen (secondary N) is 1. The van der Waals surface area contributed by atoms with E-state index < -0.39 is 0 Å². The summed E-state index contributed by atoms with van der Waals surface area (Å²) < 4.78 is 0. The van der Waals surface area contributed by atoms with Crippen LogP contribution in [-0.2, 0) is 0 Å². The van der Waals surface area contributed by atoms with E-state index in [1.54, 1.807) is 24.5 Å². The van der Waals surface area contributed by atoms with Gasteiger partial charge in [-0.2, -0.15) is 0 Å². The third-order valence-corrected chi connectivity index (χ3v) is 1.81. The molecular formula is C9H10N6. The standard InChI is InChI=1S/C9H10N6/c1-6-11-4-2-7(13-6)9-12-5-3-8(14-9)15-10/h2-5H,10H2,1H3,(H,12,14,15). The van der Waals surface area contributed by atoms with Crippen molar-refractivity contribution in [2.75, 3.05) is 5.43 Å². The lowest BCUT2D eigenvalue weighted by molar-refractivity contribution is 1.03. The molecule has 0 atom stereocenters. The van der Waals surface area contributed by atoms with Crippen LogP contribution in [0.4, 0.5) is 5.82 Å².